The fourth-order valence-corrected chi connectivity index (χ4v) is 6.38. The van der Waals surface area contributed by atoms with Crippen LogP contribution in [-0.4, -0.2) is 69.6 Å². The largest absolute Gasteiger partial charge is 0.493 e. The highest BCUT2D eigenvalue weighted by Gasteiger charge is 2.38. The molecule has 1 aromatic rings. The van der Waals surface area contributed by atoms with Gasteiger partial charge in [0.05, 0.1) is 36.3 Å². The third-order valence-electron chi connectivity index (χ3n) is 5.85. The van der Waals surface area contributed by atoms with Crippen LogP contribution in [0.15, 0.2) is 12.1 Å². The molecule has 1 amide bonds. The predicted octanol–water partition coefficient (Wildman–Crippen LogP) is 2.86. The molecule has 1 saturated heterocycles. The minimum absolute atomic E-state index is 0.0197. The van der Waals surface area contributed by atoms with Gasteiger partial charge in [-0.1, -0.05) is 30.9 Å². The van der Waals surface area contributed by atoms with Crippen molar-refractivity contribution in [1.29, 1.82) is 0 Å². The summed E-state index contributed by atoms with van der Waals surface area (Å²) in [4.78, 5) is 27.3. The zero-order chi connectivity index (χ0) is 22.6. The maximum Gasteiger partial charge on any atom is 0.338 e. The minimum atomic E-state index is -3.15. The molecule has 1 aliphatic carbocycles. The number of methoxy groups -OCH3 is 2. The Hall–Kier alpha value is -2.00. The molecule has 10 heteroatoms. The Balaban J connectivity index is 1.71. The molecule has 172 valence electrons. The van der Waals surface area contributed by atoms with E-state index >= 15 is 0 Å². The molecule has 1 aliphatic heterocycles. The van der Waals surface area contributed by atoms with E-state index in [4.69, 9.17) is 25.8 Å². The van der Waals surface area contributed by atoms with E-state index in [1.807, 2.05) is 0 Å². The second-order valence-electron chi connectivity index (χ2n) is 7.92. The van der Waals surface area contributed by atoms with Gasteiger partial charge in [-0.2, -0.15) is 0 Å². The van der Waals surface area contributed by atoms with Crippen LogP contribution < -0.4 is 9.47 Å². The van der Waals surface area contributed by atoms with Crippen LogP contribution in [0.1, 0.15) is 48.9 Å². The summed E-state index contributed by atoms with van der Waals surface area (Å²) in [6.07, 6.45) is 5.19. The van der Waals surface area contributed by atoms with Crippen molar-refractivity contribution in [2.75, 3.05) is 32.3 Å². The van der Waals surface area contributed by atoms with Crippen LogP contribution in [0.25, 0.3) is 0 Å². The first-order valence-corrected chi connectivity index (χ1v) is 12.6. The molecule has 1 heterocycles. The van der Waals surface area contributed by atoms with Gasteiger partial charge in [0, 0.05) is 12.1 Å². The summed E-state index contributed by atoms with van der Waals surface area (Å²) in [5.41, 5.74) is 0.128. The molecule has 0 bridgehead atoms. The first-order valence-electron chi connectivity index (χ1n) is 10.4. The second kappa shape index (κ2) is 10.1. The molecule has 0 aromatic heterocycles. The highest BCUT2D eigenvalue weighted by Crippen LogP contribution is 2.36. The topological polar surface area (TPSA) is 99.2 Å². The minimum Gasteiger partial charge on any atom is -0.493 e. The van der Waals surface area contributed by atoms with E-state index in [1.54, 1.807) is 4.90 Å². The number of carbonyl (C=O) groups excluding carboxylic acids is 2. The van der Waals surface area contributed by atoms with Crippen molar-refractivity contribution < 1.29 is 32.2 Å². The van der Waals surface area contributed by atoms with Crippen molar-refractivity contribution in [3.8, 4) is 11.5 Å². The van der Waals surface area contributed by atoms with Crippen LogP contribution in [0.4, 0.5) is 0 Å². The number of carbonyl (C=O) groups is 2. The first kappa shape index (κ1) is 23.7. The number of halogens is 1. The fraction of sp³-hybridized carbons (Fsp3) is 0.619. The van der Waals surface area contributed by atoms with Crippen LogP contribution >= 0.6 is 11.6 Å². The third kappa shape index (κ3) is 5.63. The van der Waals surface area contributed by atoms with Gasteiger partial charge < -0.3 is 19.1 Å². The Kier molecular flexibility index (Phi) is 7.69. The number of hydrogen-bond acceptors (Lipinski definition) is 7. The molecule has 1 saturated carbocycles. The Labute approximate surface area is 187 Å². The summed E-state index contributed by atoms with van der Waals surface area (Å²) in [6.45, 7) is -0.460. The van der Waals surface area contributed by atoms with Crippen LogP contribution in [-0.2, 0) is 19.4 Å². The number of esters is 1. The number of sulfone groups is 1. The number of nitrogens with zero attached hydrogens (tertiary/aromatic N) is 1. The van der Waals surface area contributed by atoms with Gasteiger partial charge in [0.25, 0.3) is 5.91 Å². The monoisotopic (exact) mass is 473 g/mol. The van der Waals surface area contributed by atoms with E-state index in [9.17, 15) is 18.0 Å². The van der Waals surface area contributed by atoms with Gasteiger partial charge in [0.1, 0.15) is 0 Å². The molecule has 2 fully saturated rings. The van der Waals surface area contributed by atoms with E-state index in [1.165, 1.54) is 26.4 Å². The molecule has 0 N–H and O–H groups in total. The molecule has 0 spiro atoms. The smallest absolute Gasteiger partial charge is 0.338 e. The molecule has 31 heavy (non-hydrogen) atoms. The number of hydrogen-bond donors (Lipinski definition) is 0. The van der Waals surface area contributed by atoms with Gasteiger partial charge in [-0.05, 0) is 31.4 Å². The van der Waals surface area contributed by atoms with Gasteiger partial charge in [0.2, 0.25) is 0 Å². The Morgan fingerprint density at radius 3 is 2.35 bits per heavy atom. The van der Waals surface area contributed by atoms with Crippen molar-refractivity contribution in [3.63, 3.8) is 0 Å². The average molecular weight is 474 g/mol. The third-order valence-corrected chi connectivity index (χ3v) is 7.88. The first-order chi connectivity index (χ1) is 14.8. The van der Waals surface area contributed by atoms with Gasteiger partial charge in [0.15, 0.2) is 27.9 Å². The Morgan fingerprint density at radius 1 is 1.06 bits per heavy atom. The van der Waals surface area contributed by atoms with Crippen molar-refractivity contribution in [2.24, 2.45) is 0 Å². The van der Waals surface area contributed by atoms with Gasteiger partial charge in [-0.3, -0.25) is 4.79 Å². The zero-order valence-electron chi connectivity index (χ0n) is 17.8. The van der Waals surface area contributed by atoms with Crippen LogP contribution in [0.5, 0.6) is 11.5 Å². The molecular formula is C21H28ClNO7S. The zero-order valence-corrected chi connectivity index (χ0v) is 19.3. The van der Waals surface area contributed by atoms with Gasteiger partial charge >= 0.3 is 5.97 Å². The Bertz CT molecular complexity index is 928. The highest BCUT2D eigenvalue weighted by atomic mass is 35.5. The fourth-order valence-electron chi connectivity index (χ4n) is 4.38. The van der Waals surface area contributed by atoms with Crippen LogP contribution in [0, 0.1) is 0 Å². The predicted molar refractivity (Wildman–Crippen MR) is 116 cm³/mol. The van der Waals surface area contributed by atoms with Gasteiger partial charge in [-0.15, -0.1) is 0 Å². The molecule has 0 radical (unpaired) electrons. The lowest BCUT2D eigenvalue weighted by Crippen LogP contribution is -2.50. The summed E-state index contributed by atoms with van der Waals surface area (Å²) in [6, 6.07) is 2.43. The van der Waals surface area contributed by atoms with Crippen molar-refractivity contribution in [1.82, 2.24) is 4.90 Å². The second-order valence-corrected chi connectivity index (χ2v) is 10.6. The van der Waals surface area contributed by atoms with E-state index in [2.05, 4.69) is 0 Å². The molecular weight excluding hydrogens is 446 g/mol. The lowest BCUT2D eigenvalue weighted by atomic mass is 9.93. The lowest BCUT2D eigenvalue weighted by molar-refractivity contribution is -0.140. The van der Waals surface area contributed by atoms with Gasteiger partial charge in [-0.25, -0.2) is 13.2 Å². The molecule has 3 rings (SSSR count). The van der Waals surface area contributed by atoms with Crippen LogP contribution in [0.3, 0.4) is 0 Å². The summed E-state index contributed by atoms with van der Waals surface area (Å²) in [7, 11) is -0.293. The number of rotatable bonds is 7. The maximum absolute atomic E-state index is 13.0. The number of benzene rings is 1. The average Bonchev–Trinajstić information content (AvgIpc) is 3.11. The molecule has 2 aliphatic rings. The number of amides is 1. The van der Waals surface area contributed by atoms with Crippen LogP contribution in [0.2, 0.25) is 5.02 Å². The van der Waals surface area contributed by atoms with E-state index in [0.29, 0.717) is 12.2 Å². The van der Waals surface area contributed by atoms with E-state index < -0.39 is 22.4 Å². The Morgan fingerprint density at radius 2 is 1.77 bits per heavy atom. The molecule has 8 nitrogen and oxygen atoms in total. The summed E-state index contributed by atoms with van der Waals surface area (Å²) >= 11 is 6.14. The quantitative estimate of drug-likeness (QED) is 0.561. The van der Waals surface area contributed by atoms with Crippen molar-refractivity contribution >= 4 is 33.3 Å². The SMILES string of the molecule is COc1cc(C(=O)OCC(=O)N(C2CCCCC2)C2CCS(=O)(=O)C2)cc(Cl)c1OC. The summed E-state index contributed by atoms with van der Waals surface area (Å²) in [5, 5.41) is 0.181. The molecule has 1 aromatic carbocycles. The summed E-state index contributed by atoms with van der Waals surface area (Å²) in [5.74, 6) is -0.476. The maximum atomic E-state index is 13.0. The normalized spacial score (nSPS) is 20.8. The standard InChI is InChI=1S/C21H28ClNO7S/c1-28-18-11-14(10-17(22)20(18)29-2)21(25)30-12-19(24)23(15-6-4-3-5-7-15)16-8-9-31(26,27)13-16/h10-11,15-16H,3-9,12-13H2,1-2H3. The molecule has 1 unspecified atom stereocenters. The highest BCUT2D eigenvalue weighted by molar-refractivity contribution is 7.91. The summed E-state index contributed by atoms with van der Waals surface area (Å²) < 4.78 is 39.6. The molecule has 1 atom stereocenters. The van der Waals surface area contributed by atoms with Crippen molar-refractivity contribution in [3.05, 3.63) is 22.7 Å². The number of ether oxygens (including phenoxy) is 3. The van der Waals surface area contributed by atoms with Crippen molar-refractivity contribution in [2.45, 2.75) is 50.6 Å². The van der Waals surface area contributed by atoms with E-state index in [-0.39, 0.29) is 45.8 Å². The lowest BCUT2D eigenvalue weighted by Gasteiger charge is -2.38. The van der Waals surface area contributed by atoms with E-state index in [0.717, 1.165) is 32.1 Å².